The van der Waals surface area contributed by atoms with Crippen LogP contribution in [-0.2, 0) is 4.74 Å². The fourth-order valence-corrected chi connectivity index (χ4v) is 2.34. The van der Waals surface area contributed by atoms with Gasteiger partial charge in [0.05, 0.1) is 12.1 Å². The Hall–Kier alpha value is -2.33. The average Bonchev–Trinajstić information content (AvgIpc) is 2.52. The average molecular weight is 312 g/mol. The molecule has 122 valence electrons. The van der Waals surface area contributed by atoms with E-state index in [4.69, 9.17) is 10.5 Å². The smallest absolute Gasteiger partial charge is 0.408 e. The highest BCUT2D eigenvalue weighted by Gasteiger charge is 2.25. The Balaban J connectivity index is 2.24. The predicted octanol–water partition coefficient (Wildman–Crippen LogP) is 3.95. The first-order valence-corrected chi connectivity index (χ1v) is 7.72. The molecule has 0 fully saturated rings. The number of carbonyl (C=O) groups excluding carboxylic acids is 1. The van der Waals surface area contributed by atoms with Gasteiger partial charge in [-0.3, -0.25) is 0 Å². The third-order valence-electron chi connectivity index (χ3n) is 3.37. The van der Waals surface area contributed by atoms with E-state index in [-0.39, 0.29) is 12.1 Å². The van der Waals surface area contributed by atoms with Gasteiger partial charge in [0.1, 0.15) is 5.60 Å². The lowest BCUT2D eigenvalue weighted by molar-refractivity contribution is 0.0495. The highest BCUT2D eigenvalue weighted by molar-refractivity contribution is 5.68. The molecule has 0 aliphatic carbocycles. The molecule has 2 aromatic rings. The molecule has 1 amide bonds. The number of benzene rings is 2. The minimum Gasteiger partial charge on any atom is -0.444 e. The SMILES string of the molecule is CC(C)(C)OC(=O)NC(c1ccccc1)C(N)c1ccccc1. The van der Waals surface area contributed by atoms with Gasteiger partial charge in [-0.15, -0.1) is 0 Å². The first kappa shape index (κ1) is 17.0. The Labute approximate surface area is 137 Å². The summed E-state index contributed by atoms with van der Waals surface area (Å²) in [5.41, 5.74) is 7.76. The molecule has 2 unspecified atom stereocenters. The molecule has 0 heterocycles. The summed E-state index contributed by atoms with van der Waals surface area (Å²) in [5.74, 6) is 0. The van der Waals surface area contributed by atoms with Crippen LogP contribution in [0.25, 0.3) is 0 Å². The topological polar surface area (TPSA) is 64.3 Å². The second-order valence-electron chi connectivity index (χ2n) is 6.47. The maximum Gasteiger partial charge on any atom is 0.408 e. The first-order chi connectivity index (χ1) is 10.9. The van der Waals surface area contributed by atoms with Crippen molar-refractivity contribution in [3.05, 3.63) is 71.8 Å². The van der Waals surface area contributed by atoms with E-state index in [0.717, 1.165) is 11.1 Å². The van der Waals surface area contributed by atoms with Gasteiger partial charge in [-0.25, -0.2) is 4.79 Å². The second kappa shape index (κ2) is 7.29. The van der Waals surface area contributed by atoms with E-state index >= 15 is 0 Å². The molecule has 2 atom stereocenters. The van der Waals surface area contributed by atoms with Gasteiger partial charge in [0.25, 0.3) is 0 Å². The van der Waals surface area contributed by atoms with Crippen molar-refractivity contribution in [3.8, 4) is 0 Å². The van der Waals surface area contributed by atoms with Crippen LogP contribution >= 0.6 is 0 Å². The van der Waals surface area contributed by atoms with Crippen molar-refractivity contribution in [1.29, 1.82) is 0 Å². The summed E-state index contributed by atoms with van der Waals surface area (Å²) in [6.45, 7) is 5.50. The van der Waals surface area contributed by atoms with Crippen LogP contribution in [0, 0.1) is 0 Å². The largest absolute Gasteiger partial charge is 0.444 e. The van der Waals surface area contributed by atoms with Crippen molar-refractivity contribution in [2.75, 3.05) is 0 Å². The Kier molecular flexibility index (Phi) is 5.40. The molecule has 0 aromatic heterocycles. The highest BCUT2D eigenvalue weighted by atomic mass is 16.6. The number of ether oxygens (including phenoxy) is 1. The zero-order valence-corrected chi connectivity index (χ0v) is 13.8. The van der Waals surface area contributed by atoms with Gasteiger partial charge in [0.15, 0.2) is 0 Å². The molecule has 4 nitrogen and oxygen atoms in total. The van der Waals surface area contributed by atoms with Gasteiger partial charge in [-0.2, -0.15) is 0 Å². The van der Waals surface area contributed by atoms with Crippen LogP contribution in [0.2, 0.25) is 0 Å². The Morgan fingerprint density at radius 2 is 1.43 bits per heavy atom. The van der Waals surface area contributed by atoms with Crippen LogP contribution < -0.4 is 11.1 Å². The van der Waals surface area contributed by atoms with Crippen molar-refractivity contribution in [2.45, 2.75) is 38.5 Å². The van der Waals surface area contributed by atoms with E-state index in [1.54, 1.807) is 0 Å². The normalized spacial score (nSPS) is 13.9. The van der Waals surface area contributed by atoms with Crippen LogP contribution in [0.3, 0.4) is 0 Å². The zero-order chi connectivity index (χ0) is 16.9. The molecular weight excluding hydrogens is 288 g/mol. The maximum absolute atomic E-state index is 12.2. The Morgan fingerprint density at radius 3 is 1.91 bits per heavy atom. The zero-order valence-electron chi connectivity index (χ0n) is 13.8. The predicted molar refractivity (Wildman–Crippen MR) is 91.9 cm³/mol. The first-order valence-electron chi connectivity index (χ1n) is 7.72. The fraction of sp³-hybridized carbons (Fsp3) is 0.316. The molecule has 0 bridgehead atoms. The van der Waals surface area contributed by atoms with Crippen molar-refractivity contribution >= 4 is 6.09 Å². The summed E-state index contributed by atoms with van der Waals surface area (Å²) >= 11 is 0. The lowest BCUT2D eigenvalue weighted by atomic mass is 9.94. The van der Waals surface area contributed by atoms with Gasteiger partial charge in [-0.1, -0.05) is 60.7 Å². The van der Waals surface area contributed by atoms with Crippen LogP contribution in [0.15, 0.2) is 60.7 Å². The molecular formula is C19H24N2O2. The van der Waals surface area contributed by atoms with Crippen molar-refractivity contribution in [3.63, 3.8) is 0 Å². The van der Waals surface area contributed by atoms with E-state index in [9.17, 15) is 4.79 Å². The summed E-state index contributed by atoms with van der Waals surface area (Å²) in [6.07, 6.45) is -0.474. The fourth-order valence-electron chi connectivity index (χ4n) is 2.34. The number of nitrogens with one attached hydrogen (secondary N) is 1. The van der Waals surface area contributed by atoms with Crippen LogP contribution in [0.4, 0.5) is 4.79 Å². The standard InChI is InChI=1S/C19H24N2O2/c1-19(2,3)23-18(22)21-17(15-12-8-5-9-13-15)16(20)14-10-6-4-7-11-14/h4-13,16-17H,20H2,1-3H3,(H,21,22). The van der Waals surface area contributed by atoms with Gasteiger partial charge < -0.3 is 15.8 Å². The number of nitrogens with two attached hydrogens (primary N) is 1. The molecule has 4 heteroatoms. The number of hydrogen-bond donors (Lipinski definition) is 2. The van der Waals surface area contributed by atoms with Crippen LogP contribution in [0.1, 0.15) is 44.0 Å². The molecule has 0 spiro atoms. The van der Waals surface area contributed by atoms with Gasteiger partial charge >= 0.3 is 6.09 Å². The summed E-state index contributed by atoms with van der Waals surface area (Å²) in [7, 11) is 0. The highest BCUT2D eigenvalue weighted by Crippen LogP contribution is 2.27. The summed E-state index contributed by atoms with van der Waals surface area (Å²) < 4.78 is 5.37. The minimum absolute atomic E-state index is 0.367. The Morgan fingerprint density at radius 1 is 0.957 bits per heavy atom. The van der Waals surface area contributed by atoms with E-state index in [1.807, 2.05) is 81.4 Å². The van der Waals surface area contributed by atoms with Crippen molar-refractivity contribution in [1.82, 2.24) is 5.32 Å². The number of alkyl carbamates (subject to hydrolysis) is 1. The Bertz CT molecular complexity index is 621. The number of carbonyl (C=O) groups is 1. The quantitative estimate of drug-likeness (QED) is 0.898. The van der Waals surface area contributed by atoms with Gasteiger partial charge in [-0.05, 0) is 31.9 Å². The summed E-state index contributed by atoms with van der Waals surface area (Å²) in [5, 5.41) is 2.90. The summed E-state index contributed by atoms with van der Waals surface area (Å²) in [4.78, 5) is 12.2. The number of rotatable bonds is 4. The minimum atomic E-state index is -0.553. The van der Waals surface area contributed by atoms with E-state index in [2.05, 4.69) is 5.32 Å². The maximum atomic E-state index is 12.2. The van der Waals surface area contributed by atoms with Crippen molar-refractivity contribution < 1.29 is 9.53 Å². The third kappa shape index (κ3) is 5.11. The molecule has 3 N–H and O–H groups in total. The summed E-state index contributed by atoms with van der Waals surface area (Å²) in [6, 6.07) is 18.7. The van der Waals surface area contributed by atoms with E-state index in [1.165, 1.54) is 0 Å². The van der Waals surface area contributed by atoms with Crippen LogP contribution in [0.5, 0.6) is 0 Å². The molecule has 0 aliphatic rings. The van der Waals surface area contributed by atoms with Crippen molar-refractivity contribution in [2.24, 2.45) is 5.73 Å². The molecule has 23 heavy (non-hydrogen) atoms. The monoisotopic (exact) mass is 312 g/mol. The second-order valence-corrected chi connectivity index (χ2v) is 6.47. The molecule has 0 saturated heterocycles. The van der Waals surface area contributed by atoms with Gasteiger partial charge in [0.2, 0.25) is 0 Å². The van der Waals surface area contributed by atoms with E-state index in [0.29, 0.717) is 0 Å². The number of hydrogen-bond acceptors (Lipinski definition) is 3. The van der Waals surface area contributed by atoms with Gasteiger partial charge in [0, 0.05) is 0 Å². The molecule has 0 radical (unpaired) electrons. The molecule has 0 saturated carbocycles. The molecule has 2 rings (SSSR count). The lowest BCUT2D eigenvalue weighted by Crippen LogP contribution is -2.39. The lowest BCUT2D eigenvalue weighted by Gasteiger charge is -2.28. The van der Waals surface area contributed by atoms with Crippen LogP contribution in [-0.4, -0.2) is 11.7 Å². The van der Waals surface area contributed by atoms with E-state index < -0.39 is 11.7 Å². The molecule has 2 aromatic carbocycles. The molecule has 0 aliphatic heterocycles. The number of amides is 1. The third-order valence-corrected chi connectivity index (χ3v) is 3.37.